The van der Waals surface area contributed by atoms with E-state index in [9.17, 15) is 39.6 Å². The van der Waals surface area contributed by atoms with E-state index < -0.39 is 95.5 Å². The molecule has 0 saturated heterocycles. The highest BCUT2D eigenvalue weighted by atomic mass is 16.7. The van der Waals surface area contributed by atoms with Gasteiger partial charge in [-0.1, -0.05) is 52.8 Å². The maximum Gasteiger partial charge on any atom is 0.312 e. The van der Waals surface area contributed by atoms with Gasteiger partial charge in [0.1, 0.15) is 23.4 Å². The Balaban J connectivity index is 1.94. The Morgan fingerprint density at radius 3 is 2.23 bits per heavy atom. The van der Waals surface area contributed by atoms with Crippen molar-refractivity contribution in [1.29, 1.82) is 0 Å². The minimum Gasteiger partial charge on any atom is -0.507 e. The standard InChI is InChI=1S/C44H61N3O13/c1-13-18-47(46(10)11)32(49)21-57-31-20-29-39(53)34-33(31)35-41(27(7)38(34)52)60-44(9,42(35)54)58-19-17-30(56-12)24(4)40(59-28(8)48)26(6)37(51)25(5)36(50)22(2)15-14-16-23(3)43(55)45-29/h14-17,19-20,22,24-26,30,36-37,40,50-53H,13,18,21H2,1-12H3,(H,45,55)/b15-14+,19-17+,23-16-/t22-,24-,25+,26-,30-,36-,37+,40+,44-/m0/s1. The number of Topliss-reactive ketones (excluding diaryl/α,β-unsaturated/α-hetero) is 1. The van der Waals surface area contributed by atoms with Gasteiger partial charge in [0.25, 0.3) is 17.6 Å². The van der Waals surface area contributed by atoms with Gasteiger partial charge in [-0.05, 0) is 26.3 Å². The second-order valence-electron chi connectivity index (χ2n) is 16.1. The van der Waals surface area contributed by atoms with Crippen LogP contribution in [0.2, 0.25) is 0 Å². The van der Waals surface area contributed by atoms with Crippen molar-refractivity contribution in [2.75, 3.05) is 39.7 Å². The number of hydrogen-bond acceptors (Lipinski definition) is 14. The average molecular weight is 840 g/mol. The van der Waals surface area contributed by atoms with Crippen LogP contribution in [0.3, 0.4) is 0 Å². The molecular weight excluding hydrogens is 778 g/mol. The zero-order chi connectivity index (χ0) is 45.0. The predicted octanol–water partition coefficient (Wildman–Crippen LogP) is 5.14. The first kappa shape index (κ1) is 47.5. The Kier molecular flexibility index (Phi) is 15.4. The van der Waals surface area contributed by atoms with Gasteiger partial charge in [-0.15, -0.1) is 0 Å². The van der Waals surface area contributed by atoms with Crippen molar-refractivity contribution in [3.8, 4) is 23.0 Å². The summed E-state index contributed by atoms with van der Waals surface area (Å²) in [6.07, 6.45) is 4.23. The second-order valence-corrected chi connectivity index (χ2v) is 16.1. The molecule has 60 heavy (non-hydrogen) atoms. The van der Waals surface area contributed by atoms with Crippen molar-refractivity contribution in [3.63, 3.8) is 0 Å². The molecule has 0 aliphatic carbocycles. The Labute approximate surface area is 351 Å². The number of allylic oxidation sites excluding steroid dienone is 2. The van der Waals surface area contributed by atoms with E-state index in [1.54, 1.807) is 59.0 Å². The molecule has 0 spiro atoms. The summed E-state index contributed by atoms with van der Waals surface area (Å²) >= 11 is 0. The van der Waals surface area contributed by atoms with Crippen molar-refractivity contribution in [2.45, 2.75) is 98.9 Å². The number of amides is 2. The number of methoxy groups -OCH3 is 1. The lowest BCUT2D eigenvalue weighted by molar-refractivity contribution is -0.160. The van der Waals surface area contributed by atoms with E-state index in [1.807, 2.05) is 6.92 Å². The molecule has 2 amide bonds. The van der Waals surface area contributed by atoms with Crippen LogP contribution in [0.4, 0.5) is 5.69 Å². The number of esters is 1. The number of rotatable bonds is 8. The molecule has 0 radical (unpaired) electrons. The van der Waals surface area contributed by atoms with Crippen molar-refractivity contribution in [3.05, 3.63) is 53.3 Å². The summed E-state index contributed by atoms with van der Waals surface area (Å²) in [5.74, 6) is -8.16. The van der Waals surface area contributed by atoms with Crippen LogP contribution in [-0.4, -0.2) is 119 Å². The maximum absolute atomic E-state index is 14.5. The molecule has 0 fully saturated rings. The zero-order valence-electron chi connectivity index (χ0n) is 36.6. The van der Waals surface area contributed by atoms with E-state index in [1.165, 1.54) is 64.3 Å². The van der Waals surface area contributed by atoms with E-state index in [2.05, 4.69) is 5.32 Å². The van der Waals surface area contributed by atoms with Gasteiger partial charge in [0, 0.05) is 87.9 Å². The maximum atomic E-state index is 14.5. The Bertz CT molecular complexity index is 2040. The van der Waals surface area contributed by atoms with E-state index >= 15 is 0 Å². The number of hydrogen-bond donors (Lipinski definition) is 5. The topological polar surface area (TPSA) is 214 Å². The van der Waals surface area contributed by atoms with Gasteiger partial charge in [-0.2, -0.15) is 0 Å². The van der Waals surface area contributed by atoms with Crippen LogP contribution >= 0.6 is 0 Å². The number of phenols is 2. The average Bonchev–Trinajstić information content (AvgIpc) is 3.46. The molecule has 3 aliphatic rings. The summed E-state index contributed by atoms with van der Waals surface area (Å²) in [5.41, 5.74) is -0.0377. The van der Waals surface area contributed by atoms with Gasteiger partial charge >= 0.3 is 11.8 Å². The number of aliphatic hydroxyl groups excluding tert-OH is 2. The highest BCUT2D eigenvalue weighted by Gasteiger charge is 2.50. The number of ether oxygens (including phenoxy) is 5. The minimum absolute atomic E-state index is 0.0646. The van der Waals surface area contributed by atoms with Crippen LogP contribution in [0.15, 0.2) is 42.2 Å². The van der Waals surface area contributed by atoms with E-state index in [0.29, 0.717) is 13.0 Å². The molecule has 9 atom stereocenters. The van der Waals surface area contributed by atoms with Gasteiger partial charge in [-0.3, -0.25) is 24.2 Å². The predicted molar refractivity (Wildman–Crippen MR) is 223 cm³/mol. The minimum atomic E-state index is -2.03. The van der Waals surface area contributed by atoms with Crippen LogP contribution in [-0.2, 0) is 28.6 Å². The smallest absolute Gasteiger partial charge is 0.312 e. The summed E-state index contributed by atoms with van der Waals surface area (Å²) < 4.78 is 29.8. The third kappa shape index (κ3) is 9.72. The Hall–Kier alpha value is -5.16. The van der Waals surface area contributed by atoms with Crippen molar-refractivity contribution < 1.29 is 63.3 Å². The van der Waals surface area contributed by atoms with Crippen LogP contribution in [0, 0.1) is 30.6 Å². The van der Waals surface area contributed by atoms with Gasteiger partial charge in [0.05, 0.1) is 41.2 Å². The van der Waals surface area contributed by atoms with Crippen molar-refractivity contribution in [2.24, 2.45) is 23.7 Å². The number of phenolic OH excluding ortho intramolecular Hbond substituents is 2. The van der Waals surface area contributed by atoms with Gasteiger partial charge in [0.2, 0.25) is 0 Å². The number of fused-ring (bicyclic) bond motifs is 14. The molecule has 16 nitrogen and oxygen atoms in total. The number of anilines is 1. The summed E-state index contributed by atoms with van der Waals surface area (Å²) in [6, 6.07) is 1.26. The number of carbonyl (C=O) groups is 4. The highest BCUT2D eigenvalue weighted by molar-refractivity contribution is 6.21. The van der Waals surface area contributed by atoms with E-state index in [0.717, 1.165) is 0 Å². The highest BCUT2D eigenvalue weighted by Crippen LogP contribution is 2.54. The van der Waals surface area contributed by atoms with Gasteiger partial charge < -0.3 is 49.4 Å². The molecule has 5 bridgehead atoms. The zero-order valence-corrected chi connectivity index (χ0v) is 36.6. The number of carbonyl (C=O) groups excluding carboxylic acids is 4. The van der Waals surface area contributed by atoms with Crippen LogP contribution in [0.1, 0.15) is 77.7 Å². The molecule has 3 aliphatic heterocycles. The molecular formula is C44H61N3O13. The largest absolute Gasteiger partial charge is 0.507 e. The lowest BCUT2D eigenvalue weighted by atomic mass is 9.78. The molecule has 0 unspecified atom stereocenters. The first-order valence-corrected chi connectivity index (χ1v) is 20.1. The fourth-order valence-corrected chi connectivity index (χ4v) is 7.72. The molecule has 5 N–H and O–H groups in total. The number of benzene rings is 2. The lowest BCUT2D eigenvalue weighted by Crippen LogP contribution is -2.46. The second kappa shape index (κ2) is 19.5. The molecule has 0 saturated carbocycles. The number of nitrogens with zero attached hydrogens (tertiary/aromatic N) is 2. The molecule has 2 aromatic rings. The molecule has 3 heterocycles. The molecule has 330 valence electrons. The number of hydrazine groups is 1. The van der Waals surface area contributed by atoms with Crippen LogP contribution < -0.4 is 14.8 Å². The monoisotopic (exact) mass is 839 g/mol. The van der Waals surface area contributed by atoms with E-state index in [4.69, 9.17) is 23.7 Å². The Morgan fingerprint density at radius 2 is 1.63 bits per heavy atom. The fourth-order valence-electron chi connectivity index (χ4n) is 7.72. The summed E-state index contributed by atoms with van der Waals surface area (Å²) in [4.78, 5) is 53.9. The molecule has 0 aromatic heterocycles. The quantitative estimate of drug-likeness (QED) is 0.132. The third-order valence-corrected chi connectivity index (χ3v) is 11.4. The molecule has 16 heteroatoms. The number of aliphatic hydroxyl groups is 2. The third-order valence-electron chi connectivity index (χ3n) is 11.4. The normalized spacial score (nSPS) is 29.6. The van der Waals surface area contributed by atoms with Crippen molar-refractivity contribution in [1.82, 2.24) is 10.0 Å². The first-order valence-electron chi connectivity index (χ1n) is 20.1. The SMILES string of the molecule is CCCN(C(=O)COc1cc2c(O)c3c(O)c(C)c4c(c13)C(=O)[C@@](C)(O/C=C/[C@H](OC)[C@H](C)[C@@H](OC(C)=O)[C@@H](C)[C@H](O)[C@H](C)[C@@H](O)[C@@H](C)/C=C/C=C(/C)C(=O)N2)O4)N(C)C. The van der Waals surface area contributed by atoms with E-state index in [-0.39, 0.29) is 44.7 Å². The summed E-state index contributed by atoms with van der Waals surface area (Å²) in [6.45, 7) is 14.3. The lowest BCUT2D eigenvalue weighted by Gasteiger charge is -2.38. The van der Waals surface area contributed by atoms with Crippen LogP contribution in [0.5, 0.6) is 23.0 Å². The Morgan fingerprint density at radius 1 is 0.967 bits per heavy atom. The number of aromatic hydroxyl groups is 2. The molecule has 5 rings (SSSR count). The van der Waals surface area contributed by atoms with Gasteiger partial charge in [0.15, 0.2) is 12.4 Å². The number of nitrogens with one attached hydrogen (secondary N) is 1. The van der Waals surface area contributed by atoms with Crippen molar-refractivity contribution >= 4 is 40.0 Å². The first-order chi connectivity index (χ1) is 28.1. The molecule has 2 aromatic carbocycles. The van der Waals surface area contributed by atoms with Crippen LogP contribution in [0.25, 0.3) is 10.8 Å². The summed E-state index contributed by atoms with van der Waals surface area (Å²) in [7, 11) is 4.85. The fraction of sp³-hybridized carbons (Fsp3) is 0.545. The summed E-state index contributed by atoms with van der Waals surface area (Å²) in [5, 5.41) is 51.6. The number of ketones is 1. The van der Waals surface area contributed by atoms with Gasteiger partial charge in [-0.25, -0.2) is 5.01 Å².